The SMILES string of the molecule is Oc1cnc2c(O)cccc2c1.c1ccc2ncccc2c1. The van der Waals surface area contributed by atoms with Crippen molar-refractivity contribution in [2.75, 3.05) is 0 Å². The predicted octanol–water partition coefficient (Wildman–Crippen LogP) is 3.88. The number of hydrogen-bond acceptors (Lipinski definition) is 4. The van der Waals surface area contributed by atoms with Crippen molar-refractivity contribution in [3.63, 3.8) is 0 Å². The van der Waals surface area contributed by atoms with Gasteiger partial charge in [0.05, 0.1) is 11.7 Å². The monoisotopic (exact) mass is 290 g/mol. The minimum atomic E-state index is 0.105. The topological polar surface area (TPSA) is 66.2 Å². The standard InChI is InChI=1S/C9H7NO2.C9H7N/c11-7-4-6-2-1-3-8(12)9(6)10-5-7;1-2-6-9-8(4-1)5-3-7-10-9/h1-5,11-12H;1-7H. The van der Waals surface area contributed by atoms with Gasteiger partial charge in [-0.05, 0) is 24.3 Å². The van der Waals surface area contributed by atoms with Gasteiger partial charge in [-0.15, -0.1) is 0 Å². The van der Waals surface area contributed by atoms with E-state index in [1.807, 2.05) is 30.5 Å². The first-order chi connectivity index (χ1) is 10.7. The Morgan fingerprint density at radius 3 is 2.36 bits per heavy atom. The molecule has 4 rings (SSSR count). The molecule has 0 unspecified atom stereocenters. The lowest BCUT2D eigenvalue weighted by atomic mass is 10.2. The summed E-state index contributed by atoms with van der Waals surface area (Å²) in [6, 6.07) is 18.7. The molecule has 0 saturated carbocycles. The Kier molecular flexibility index (Phi) is 3.83. The normalized spacial score (nSPS) is 10.2. The molecule has 2 N–H and O–H groups in total. The molecule has 2 heterocycles. The lowest BCUT2D eigenvalue weighted by Gasteiger charge is -1.98. The fourth-order valence-electron chi connectivity index (χ4n) is 2.15. The summed E-state index contributed by atoms with van der Waals surface area (Å²) in [6.45, 7) is 0. The summed E-state index contributed by atoms with van der Waals surface area (Å²) >= 11 is 0. The number of nitrogens with zero attached hydrogens (tertiary/aromatic N) is 2. The summed E-state index contributed by atoms with van der Waals surface area (Å²) in [5, 5.41) is 20.3. The number of fused-ring (bicyclic) bond motifs is 2. The first-order valence-electron chi connectivity index (χ1n) is 6.80. The maximum absolute atomic E-state index is 9.32. The van der Waals surface area contributed by atoms with Crippen LogP contribution < -0.4 is 0 Å². The minimum absolute atomic E-state index is 0.105. The van der Waals surface area contributed by atoms with E-state index in [9.17, 15) is 5.11 Å². The number of phenols is 1. The van der Waals surface area contributed by atoms with Crippen LogP contribution in [0.2, 0.25) is 0 Å². The highest BCUT2D eigenvalue weighted by Gasteiger charge is 1.99. The van der Waals surface area contributed by atoms with Gasteiger partial charge in [0.25, 0.3) is 0 Å². The van der Waals surface area contributed by atoms with E-state index in [-0.39, 0.29) is 11.5 Å². The third kappa shape index (κ3) is 2.96. The Labute approximate surface area is 127 Å². The molecule has 0 aliphatic carbocycles. The molecule has 4 aromatic rings. The van der Waals surface area contributed by atoms with Crippen LogP contribution in [-0.2, 0) is 0 Å². The Bertz CT molecular complexity index is 857. The van der Waals surface area contributed by atoms with E-state index in [1.54, 1.807) is 24.3 Å². The van der Waals surface area contributed by atoms with E-state index in [0.29, 0.717) is 5.52 Å². The molecule has 4 nitrogen and oxygen atoms in total. The predicted molar refractivity (Wildman–Crippen MR) is 86.8 cm³/mol. The van der Waals surface area contributed by atoms with Crippen LogP contribution >= 0.6 is 0 Å². The zero-order chi connectivity index (χ0) is 15.4. The van der Waals surface area contributed by atoms with Gasteiger partial charge in [0.15, 0.2) is 0 Å². The number of rotatable bonds is 0. The summed E-state index contributed by atoms with van der Waals surface area (Å²) in [5.74, 6) is 0.237. The fourth-order valence-corrected chi connectivity index (χ4v) is 2.15. The molecule has 0 aliphatic rings. The molecule has 22 heavy (non-hydrogen) atoms. The Balaban J connectivity index is 0.000000133. The lowest BCUT2D eigenvalue weighted by molar-refractivity contribution is 0.471. The quantitative estimate of drug-likeness (QED) is 0.516. The molecule has 0 spiro atoms. The van der Waals surface area contributed by atoms with Gasteiger partial charge in [-0.1, -0.05) is 36.4 Å². The van der Waals surface area contributed by atoms with Crippen molar-refractivity contribution in [2.24, 2.45) is 0 Å². The summed E-state index contributed by atoms with van der Waals surface area (Å²) in [4.78, 5) is 8.06. The number of para-hydroxylation sites is 2. The molecule has 0 bridgehead atoms. The van der Waals surface area contributed by atoms with E-state index in [4.69, 9.17) is 5.11 Å². The molecule has 4 heteroatoms. The zero-order valence-electron chi connectivity index (χ0n) is 11.7. The summed E-state index contributed by atoms with van der Waals surface area (Å²) in [7, 11) is 0. The zero-order valence-corrected chi connectivity index (χ0v) is 11.7. The Morgan fingerprint density at radius 2 is 1.50 bits per heavy atom. The van der Waals surface area contributed by atoms with E-state index in [1.165, 1.54) is 11.6 Å². The highest BCUT2D eigenvalue weighted by molar-refractivity contribution is 5.84. The minimum Gasteiger partial charge on any atom is -0.506 e. The number of aromatic hydroxyl groups is 2. The number of aromatic nitrogens is 2. The third-order valence-corrected chi connectivity index (χ3v) is 3.19. The Morgan fingerprint density at radius 1 is 0.727 bits per heavy atom. The van der Waals surface area contributed by atoms with Crippen molar-refractivity contribution < 1.29 is 10.2 Å². The number of phenolic OH excluding ortho intramolecular Hbond substituents is 1. The molecule has 0 radical (unpaired) electrons. The smallest absolute Gasteiger partial charge is 0.141 e. The number of hydrogen-bond donors (Lipinski definition) is 2. The molecule has 0 aliphatic heterocycles. The molecule has 0 atom stereocenters. The van der Waals surface area contributed by atoms with Crippen LogP contribution in [0.4, 0.5) is 0 Å². The second-order valence-corrected chi connectivity index (χ2v) is 4.74. The van der Waals surface area contributed by atoms with Crippen LogP contribution in [0.15, 0.2) is 73.1 Å². The van der Waals surface area contributed by atoms with Crippen molar-refractivity contribution >= 4 is 21.8 Å². The van der Waals surface area contributed by atoms with Gasteiger partial charge in [-0.2, -0.15) is 0 Å². The van der Waals surface area contributed by atoms with Crippen LogP contribution in [0.5, 0.6) is 11.5 Å². The number of pyridine rings is 2. The van der Waals surface area contributed by atoms with E-state index < -0.39 is 0 Å². The van der Waals surface area contributed by atoms with Crippen LogP contribution in [0.25, 0.3) is 21.8 Å². The van der Waals surface area contributed by atoms with Crippen molar-refractivity contribution in [1.29, 1.82) is 0 Å². The molecule has 0 fully saturated rings. The second kappa shape index (κ2) is 6.10. The van der Waals surface area contributed by atoms with Gasteiger partial charge in [0.2, 0.25) is 0 Å². The lowest BCUT2D eigenvalue weighted by Crippen LogP contribution is -1.78. The van der Waals surface area contributed by atoms with Crippen LogP contribution in [0.3, 0.4) is 0 Å². The van der Waals surface area contributed by atoms with E-state index >= 15 is 0 Å². The second-order valence-electron chi connectivity index (χ2n) is 4.74. The van der Waals surface area contributed by atoms with Gasteiger partial charge in [0.1, 0.15) is 17.0 Å². The molecule has 0 saturated heterocycles. The summed E-state index contributed by atoms with van der Waals surface area (Å²) < 4.78 is 0. The van der Waals surface area contributed by atoms with Crippen LogP contribution in [-0.4, -0.2) is 20.2 Å². The van der Waals surface area contributed by atoms with Gasteiger partial charge >= 0.3 is 0 Å². The number of benzene rings is 2. The molecule has 0 amide bonds. The maximum Gasteiger partial charge on any atom is 0.141 e. The largest absolute Gasteiger partial charge is 0.506 e. The van der Waals surface area contributed by atoms with Crippen LogP contribution in [0, 0.1) is 0 Å². The maximum atomic E-state index is 9.32. The average molecular weight is 290 g/mol. The van der Waals surface area contributed by atoms with Gasteiger partial charge in [-0.3, -0.25) is 4.98 Å². The molecule has 108 valence electrons. The van der Waals surface area contributed by atoms with Gasteiger partial charge in [0, 0.05) is 17.0 Å². The first-order valence-corrected chi connectivity index (χ1v) is 6.80. The van der Waals surface area contributed by atoms with Crippen molar-refractivity contribution in [3.05, 3.63) is 73.1 Å². The van der Waals surface area contributed by atoms with Gasteiger partial charge < -0.3 is 10.2 Å². The van der Waals surface area contributed by atoms with Crippen LogP contribution in [0.1, 0.15) is 0 Å². The van der Waals surface area contributed by atoms with E-state index in [0.717, 1.165) is 10.9 Å². The summed E-state index contributed by atoms with van der Waals surface area (Å²) in [5.41, 5.74) is 1.57. The third-order valence-electron chi connectivity index (χ3n) is 3.19. The highest BCUT2D eigenvalue weighted by Crippen LogP contribution is 2.24. The van der Waals surface area contributed by atoms with Crippen molar-refractivity contribution in [2.45, 2.75) is 0 Å². The molecule has 2 aromatic heterocycles. The van der Waals surface area contributed by atoms with Crippen molar-refractivity contribution in [1.82, 2.24) is 9.97 Å². The average Bonchev–Trinajstić information content (AvgIpc) is 2.56. The Hall–Kier alpha value is -3.14. The highest BCUT2D eigenvalue weighted by atomic mass is 16.3. The van der Waals surface area contributed by atoms with E-state index in [2.05, 4.69) is 22.1 Å². The molecular formula is C18H14N2O2. The van der Waals surface area contributed by atoms with Gasteiger partial charge in [-0.25, -0.2) is 4.98 Å². The molecule has 2 aromatic carbocycles. The summed E-state index contributed by atoms with van der Waals surface area (Å²) in [6.07, 6.45) is 3.12. The van der Waals surface area contributed by atoms with Crippen molar-refractivity contribution in [3.8, 4) is 11.5 Å². The first kappa shape index (κ1) is 13.8. The fraction of sp³-hybridized carbons (Fsp3) is 0. The molecular weight excluding hydrogens is 276 g/mol.